The van der Waals surface area contributed by atoms with Gasteiger partial charge in [-0.2, -0.15) is 0 Å². The first-order valence-electron chi connectivity index (χ1n) is 5.93. The molecule has 1 aromatic heterocycles. The van der Waals surface area contributed by atoms with Crippen LogP contribution in [0, 0.1) is 22.5 Å². The first kappa shape index (κ1) is 12.8. The summed E-state index contributed by atoms with van der Waals surface area (Å²) in [7, 11) is 0. The minimum atomic E-state index is -0.435. The number of hydrogen-bond acceptors (Lipinski definition) is 5. The van der Waals surface area contributed by atoms with Crippen molar-refractivity contribution in [2.75, 3.05) is 25.1 Å². The monoisotopic (exact) mass is 251 g/mol. The number of aryl methyl sites for hydroxylation is 1. The summed E-state index contributed by atoms with van der Waals surface area (Å²) >= 11 is 0. The number of hydrogen-bond donors (Lipinski definition) is 1. The van der Waals surface area contributed by atoms with Crippen LogP contribution in [0.4, 0.5) is 11.5 Å². The van der Waals surface area contributed by atoms with Gasteiger partial charge < -0.3 is 10.1 Å². The molecule has 0 amide bonds. The van der Waals surface area contributed by atoms with Gasteiger partial charge in [0, 0.05) is 24.6 Å². The molecule has 2 heterocycles. The van der Waals surface area contributed by atoms with Crippen LogP contribution in [0.25, 0.3) is 0 Å². The van der Waals surface area contributed by atoms with Crippen molar-refractivity contribution in [1.29, 1.82) is 0 Å². The fourth-order valence-electron chi connectivity index (χ4n) is 1.99. The fourth-order valence-corrected chi connectivity index (χ4v) is 1.99. The van der Waals surface area contributed by atoms with Gasteiger partial charge in [0.05, 0.1) is 11.5 Å². The molecule has 1 atom stereocenters. The third-order valence-corrected chi connectivity index (χ3v) is 3.26. The van der Waals surface area contributed by atoms with Crippen molar-refractivity contribution in [2.24, 2.45) is 5.41 Å². The summed E-state index contributed by atoms with van der Waals surface area (Å²) in [4.78, 5) is 14.3. The lowest BCUT2D eigenvalue weighted by Gasteiger charge is -2.22. The molecule has 1 fully saturated rings. The third-order valence-electron chi connectivity index (χ3n) is 3.26. The number of nitrogens with one attached hydrogen (secondary N) is 1. The van der Waals surface area contributed by atoms with Crippen molar-refractivity contribution in [3.8, 4) is 0 Å². The maximum atomic E-state index is 10.6. The molecule has 1 N–H and O–H groups in total. The highest BCUT2D eigenvalue weighted by Gasteiger charge is 2.29. The average Bonchev–Trinajstić information content (AvgIpc) is 2.75. The van der Waals surface area contributed by atoms with Crippen LogP contribution in [0.2, 0.25) is 0 Å². The van der Waals surface area contributed by atoms with Gasteiger partial charge in [-0.25, -0.2) is 4.98 Å². The van der Waals surface area contributed by atoms with Gasteiger partial charge in [-0.15, -0.1) is 0 Å². The number of anilines is 1. The van der Waals surface area contributed by atoms with Gasteiger partial charge in [0.25, 0.3) is 5.69 Å². The molecule has 0 bridgehead atoms. The van der Waals surface area contributed by atoms with E-state index in [9.17, 15) is 10.1 Å². The second kappa shape index (κ2) is 4.89. The maximum Gasteiger partial charge on any atom is 0.287 e. The molecule has 18 heavy (non-hydrogen) atoms. The highest BCUT2D eigenvalue weighted by molar-refractivity contribution is 5.48. The van der Waals surface area contributed by atoms with Gasteiger partial charge in [-0.3, -0.25) is 10.1 Å². The van der Waals surface area contributed by atoms with Crippen molar-refractivity contribution < 1.29 is 9.66 Å². The van der Waals surface area contributed by atoms with Crippen molar-refractivity contribution in [3.63, 3.8) is 0 Å². The number of rotatable bonds is 4. The number of ether oxygens (including phenoxy) is 1. The summed E-state index contributed by atoms with van der Waals surface area (Å²) in [5.41, 5.74) is 0.927. The second-order valence-corrected chi connectivity index (χ2v) is 5.08. The maximum absolute atomic E-state index is 10.6. The SMILES string of the molecule is Cc1cc([N+](=O)[O-])cnc1NCC1(C)CCOC1. The van der Waals surface area contributed by atoms with Crippen LogP contribution in [0.1, 0.15) is 18.9 Å². The Labute approximate surface area is 106 Å². The molecule has 0 aromatic carbocycles. The van der Waals surface area contributed by atoms with Gasteiger partial charge in [0.1, 0.15) is 12.0 Å². The van der Waals surface area contributed by atoms with Gasteiger partial charge >= 0.3 is 0 Å². The summed E-state index contributed by atoms with van der Waals surface area (Å²) in [6, 6.07) is 1.53. The molecule has 1 aliphatic heterocycles. The molecule has 1 aliphatic rings. The Morgan fingerprint density at radius 3 is 3.00 bits per heavy atom. The predicted octanol–water partition coefficient (Wildman–Crippen LogP) is 2.14. The Morgan fingerprint density at radius 1 is 1.67 bits per heavy atom. The molecular formula is C12H17N3O3. The number of aromatic nitrogens is 1. The zero-order chi connectivity index (χ0) is 13.2. The highest BCUT2D eigenvalue weighted by Crippen LogP contribution is 2.28. The van der Waals surface area contributed by atoms with E-state index in [0.29, 0.717) is 5.82 Å². The standard InChI is InChI=1S/C12H17N3O3/c1-9-5-10(15(16)17)6-13-11(9)14-7-12(2)3-4-18-8-12/h5-6H,3-4,7-8H2,1-2H3,(H,13,14). The van der Waals surface area contributed by atoms with E-state index in [1.54, 1.807) is 0 Å². The fraction of sp³-hybridized carbons (Fsp3) is 0.583. The quantitative estimate of drug-likeness (QED) is 0.655. The highest BCUT2D eigenvalue weighted by atomic mass is 16.6. The Balaban J connectivity index is 2.03. The van der Waals surface area contributed by atoms with Crippen LogP contribution in [0.3, 0.4) is 0 Å². The van der Waals surface area contributed by atoms with Crippen molar-refractivity contribution in [2.45, 2.75) is 20.3 Å². The second-order valence-electron chi connectivity index (χ2n) is 5.08. The van der Waals surface area contributed by atoms with E-state index >= 15 is 0 Å². The van der Waals surface area contributed by atoms with Crippen molar-refractivity contribution >= 4 is 11.5 Å². The van der Waals surface area contributed by atoms with Crippen LogP contribution >= 0.6 is 0 Å². The molecule has 1 saturated heterocycles. The Kier molecular flexibility index (Phi) is 3.47. The molecule has 2 rings (SSSR count). The van der Waals surface area contributed by atoms with E-state index in [1.165, 1.54) is 12.3 Å². The molecule has 1 unspecified atom stereocenters. The first-order chi connectivity index (χ1) is 8.50. The zero-order valence-electron chi connectivity index (χ0n) is 10.6. The Hall–Kier alpha value is -1.69. The molecule has 6 nitrogen and oxygen atoms in total. The number of nitro groups is 1. The van der Waals surface area contributed by atoms with E-state index in [0.717, 1.165) is 31.7 Å². The summed E-state index contributed by atoms with van der Waals surface area (Å²) < 4.78 is 5.38. The van der Waals surface area contributed by atoms with Gasteiger partial charge in [-0.1, -0.05) is 6.92 Å². The van der Waals surface area contributed by atoms with Crippen LogP contribution in [0.15, 0.2) is 12.3 Å². The smallest absolute Gasteiger partial charge is 0.287 e. The number of nitrogens with zero attached hydrogens (tertiary/aromatic N) is 2. The Morgan fingerprint density at radius 2 is 2.44 bits per heavy atom. The minimum Gasteiger partial charge on any atom is -0.381 e. The van der Waals surface area contributed by atoms with Gasteiger partial charge in [-0.05, 0) is 18.9 Å². The topological polar surface area (TPSA) is 77.3 Å². The minimum absolute atomic E-state index is 0.0217. The molecule has 6 heteroatoms. The van der Waals surface area contributed by atoms with Gasteiger partial charge in [0.15, 0.2) is 0 Å². The normalized spacial score (nSPS) is 23.0. The summed E-state index contributed by atoms with van der Waals surface area (Å²) in [6.07, 6.45) is 2.30. The van der Waals surface area contributed by atoms with Gasteiger partial charge in [0.2, 0.25) is 0 Å². The van der Waals surface area contributed by atoms with E-state index in [-0.39, 0.29) is 11.1 Å². The van der Waals surface area contributed by atoms with E-state index in [4.69, 9.17) is 4.74 Å². The lowest BCUT2D eigenvalue weighted by molar-refractivity contribution is -0.385. The summed E-state index contributed by atoms with van der Waals surface area (Å²) in [6.45, 7) is 6.28. The van der Waals surface area contributed by atoms with E-state index in [1.807, 2.05) is 6.92 Å². The lowest BCUT2D eigenvalue weighted by atomic mass is 9.90. The lowest BCUT2D eigenvalue weighted by Crippen LogP contribution is -2.27. The van der Waals surface area contributed by atoms with Crippen LogP contribution in [-0.4, -0.2) is 29.7 Å². The van der Waals surface area contributed by atoms with Crippen LogP contribution in [0.5, 0.6) is 0 Å². The van der Waals surface area contributed by atoms with Crippen LogP contribution in [-0.2, 0) is 4.74 Å². The molecule has 0 aliphatic carbocycles. The van der Waals surface area contributed by atoms with Crippen molar-refractivity contribution in [1.82, 2.24) is 4.98 Å². The molecule has 98 valence electrons. The largest absolute Gasteiger partial charge is 0.381 e. The molecule has 0 saturated carbocycles. The molecule has 0 spiro atoms. The average molecular weight is 251 g/mol. The first-order valence-corrected chi connectivity index (χ1v) is 5.93. The molecular weight excluding hydrogens is 234 g/mol. The van der Waals surface area contributed by atoms with Crippen molar-refractivity contribution in [3.05, 3.63) is 27.9 Å². The summed E-state index contributed by atoms with van der Waals surface area (Å²) in [5, 5.41) is 13.9. The predicted molar refractivity (Wildman–Crippen MR) is 67.7 cm³/mol. The zero-order valence-corrected chi connectivity index (χ0v) is 10.6. The van der Waals surface area contributed by atoms with E-state index in [2.05, 4.69) is 17.2 Å². The molecule has 1 aromatic rings. The number of pyridine rings is 1. The third kappa shape index (κ3) is 2.76. The van der Waals surface area contributed by atoms with Crippen LogP contribution < -0.4 is 5.32 Å². The Bertz CT molecular complexity index is 456. The summed E-state index contributed by atoms with van der Waals surface area (Å²) in [5.74, 6) is 0.703. The van der Waals surface area contributed by atoms with E-state index < -0.39 is 4.92 Å². The molecule has 0 radical (unpaired) electrons.